The third-order valence-corrected chi connectivity index (χ3v) is 5.50. The van der Waals surface area contributed by atoms with E-state index in [9.17, 15) is 9.59 Å². The molecule has 0 bridgehead atoms. The molecule has 1 N–H and O–H groups in total. The lowest BCUT2D eigenvalue weighted by molar-refractivity contribution is -0.122. The van der Waals surface area contributed by atoms with Gasteiger partial charge in [-0.1, -0.05) is 26.0 Å². The van der Waals surface area contributed by atoms with Crippen LogP contribution in [0.2, 0.25) is 0 Å². The molecule has 4 rings (SSSR count). The summed E-state index contributed by atoms with van der Waals surface area (Å²) in [5.41, 5.74) is 2.95. The van der Waals surface area contributed by atoms with Gasteiger partial charge in [0.05, 0.1) is 5.92 Å². The first-order valence-electron chi connectivity index (χ1n) is 10.7. The van der Waals surface area contributed by atoms with E-state index in [0.717, 1.165) is 16.8 Å². The third-order valence-electron chi connectivity index (χ3n) is 5.50. The highest BCUT2D eigenvalue weighted by Gasteiger charge is 2.35. The molecule has 1 fully saturated rings. The van der Waals surface area contributed by atoms with Crippen LogP contribution in [-0.4, -0.2) is 28.3 Å². The van der Waals surface area contributed by atoms with Gasteiger partial charge in [-0.05, 0) is 53.4 Å². The Labute approximate surface area is 187 Å². The fraction of sp³-hybridized carbons (Fsp3) is 0.280. The van der Waals surface area contributed by atoms with E-state index in [1.165, 1.54) is 0 Å². The fourth-order valence-corrected chi connectivity index (χ4v) is 3.64. The van der Waals surface area contributed by atoms with Crippen LogP contribution >= 0.6 is 0 Å². The van der Waals surface area contributed by atoms with E-state index < -0.39 is 5.92 Å². The average Bonchev–Trinajstić information content (AvgIpc) is 3.21. The van der Waals surface area contributed by atoms with E-state index in [1.54, 1.807) is 35.6 Å². The van der Waals surface area contributed by atoms with Crippen molar-refractivity contribution in [1.29, 1.82) is 0 Å². The van der Waals surface area contributed by atoms with Gasteiger partial charge in [0.1, 0.15) is 6.61 Å². The topological polar surface area (TPSA) is 84.4 Å². The van der Waals surface area contributed by atoms with E-state index in [4.69, 9.17) is 4.74 Å². The Hall–Kier alpha value is -3.74. The number of nitrogens with one attached hydrogen (secondary N) is 1. The summed E-state index contributed by atoms with van der Waals surface area (Å²) < 4.78 is 5.85. The first-order chi connectivity index (χ1) is 15.5. The van der Waals surface area contributed by atoms with Gasteiger partial charge in [0.2, 0.25) is 11.8 Å². The van der Waals surface area contributed by atoms with Gasteiger partial charge < -0.3 is 15.0 Å². The zero-order valence-corrected chi connectivity index (χ0v) is 18.2. The minimum absolute atomic E-state index is 0.0544. The molecule has 0 aliphatic carbocycles. The summed E-state index contributed by atoms with van der Waals surface area (Å²) in [7, 11) is 0. The molecule has 1 unspecified atom stereocenters. The van der Waals surface area contributed by atoms with Crippen molar-refractivity contribution in [2.45, 2.75) is 32.8 Å². The number of hydrogen-bond donors (Lipinski definition) is 1. The summed E-state index contributed by atoms with van der Waals surface area (Å²) in [6.07, 6.45) is 5.16. The molecule has 3 heterocycles. The maximum atomic E-state index is 12.9. The highest BCUT2D eigenvalue weighted by atomic mass is 16.5. The summed E-state index contributed by atoms with van der Waals surface area (Å²) in [5, 5.41) is 2.84. The van der Waals surface area contributed by atoms with Crippen LogP contribution < -0.4 is 15.0 Å². The summed E-state index contributed by atoms with van der Waals surface area (Å²) in [6.45, 7) is 4.90. The zero-order valence-electron chi connectivity index (χ0n) is 18.2. The maximum Gasteiger partial charge on any atom is 0.231 e. The molecular weight excluding hydrogens is 404 g/mol. The fourth-order valence-electron chi connectivity index (χ4n) is 3.64. The molecule has 32 heavy (non-hydrogen) atoms. The summed E-state index contributed by atoms with van der Waals surface area (Å²) in [4.78, 5) is 35.5. The van der Waals surface area contributed by atoms with Gasteiger partial charge in [-0.25, -0.2) is 4.98 Å². The molecule has 2 amide bonds. The third kappa shape index (κ3) is 4.94. The van der Waals surface area contributed by atoms with Crippen molar-refractivity contribution in [3.8, 4) is 5.75 Å². The maximum absolute atomic E-state index is 12.9. The predicted molar refractivity (Wildman–Crippen MR) is 122 cm³/mol. The van der Waals surface area contributed by atoms with Crippen LogP contribution in [0.5, 0.6) is 5.75 Å². The Bertz CT molecular complexity index is 1100. The smallest absolute Gasteiger partial charge is 0.231 e. The van der Waals surface area contributed by atoms with Crippen LogP contribution in [0.1, 0.15) is 37.3 Å². The van der Waals surface area contributed by atoms with Gasteiger partial charge in [0.15, 0.2) is 11.6 Å². The van der Waals surface area contributed by atoms with Crippen molar-refractivity contribution < 1.29 is 14.3 Å². The summed E-state index contributed by atoms with van der Waals surface area (Å²) in [6, 6.07) is 15.2. The molecular formula is C25H26N4O3. The predicted octanol–water partition coefficient (Wildman–Crippen LogP) is 4.17. The second-order valence-corrected chi connectivity index (χ2v) is 8.14. The van der Waals surface area contributed by atoms with Crippen LogP contribution in [-0.2, 0) is 16.2 Å². The number of amides is 2. The second kappa shape index (κ2) is 9.60. The van der Waals surface area contributed by atoms with E-state index in [-0.39, 0.29) is 18.2 Å². The van der Waals surface area contributed by atoms with Crippen molar-refractivity contribution in [3.05, 3.63) is 78.2 Å². The second-order valence-electron chi connectivity index (χ2n) is 8.14. The van der Waals surface area contributed by atoms with Crippen LogP contribution in [0.15, 0.2) is 67.1 Å². The van der Waals surface area contributed by atoms with Crippen LogP contribution in [0.25, 0.3) is 0 Å². The quantitative estimate of drug-likeness (QED) is 0.608. The number of carbonyl (C=O) groups is 2. The highest BCUT2D eigenvalue weighted by molar-refractivity contribution is 6.03. The highest BCUT2D eigenvalue weighted by Crippen LogP contribution is 2.29. The Morgan fingerprint density at radius 1 is 1.16 bits per heavy atom. The Morgan fingerprint density at radius 3 is 2.75 bits per heavy atom. The molecule has 2 aromatic heterocycles. The lowest BCUT2D eigenvalue weighted by Gasteiger charge is -2.18. The normalized spacial score (nSPS) is 15.8. The summed E-state index contributed by atoms with van der Waals surface area (Å²) >= 11 is 0. The van der Waals surface area contributed by atoms with Crippen molar-refractivity contribution in [3.63, 3.8) is 0 Å². The van der Waals surface area contributed by atoms with Gasteiger partial charge >= 0.3 is 0 Å². The zero-order chi connectivity index (χ0) is 22.5. The lowest BCUT2D eigenvalue weighted by Crippen LogP contribution is -2.28. The molecule has 164 valence electrons. The van der Waals surface area contributed by atoms with Gasteiger partial charge in [-0.15, -0.1) is 0 Å². The first-order valence-corrected chi connectivity index (χ1v) is 10.7. The number of pyridine rings is 2. The Balaban J connectivity index is 1.43. The lowest BCUT2D eigenvalue weighted by atomic mass is 10.0. The van der Waals surface area contributed by atoms with E-state index in [2.05, 4.69) is 29.1 Å². The Kier molecular flexibility index (Phi) is 6.44. The average molecular weight is 431 g/mol. The molecule has 0 radical (unpaired) electrons. The molecule has 0 spiro atoms. The molecule has 1 atom stereocenters. The molecule has 1 aliphatic heterocycles. The number of benzene rings is 1. The molecule has 7 nitrogen and oxygen atoms in total. The minimum atomic E-state index is -0.458. The first kappa shape index (κ1) is 21.5. The van der Waals surface area contributed by atoms with Gasteiger partial charge in [-0.3, -0.25) is 14.6 Å². The minimum Gasteiger partial charge on any atom is -0.485 e. The number of carbonyl (C=O) groups excluding carboxylic acids is 2. The molecule has 1 aromatic carbocycles. The largest absolute Gasteiger partial charge is 0.485 e. The number of hydrogen-bond acceptors (Lipinski definition) is 5. The SMILES string of the molecule is CC(C)c1cccc(N2CC(C(=O)Nc3ncccc3OCc3ccncc3)CC2=O)c1. The standard InChI is InChI=1S/C25H26N4O3/c1-17(2)19-5-3-6-21(13-19)29-15-20(14-23(29)30)25(31)28-24-22(7-4-10-27-24)32-16-18-8-11-26-12-9-18/h3-13,17,20H,14-16H2,1-2H3,(H,27,28,31). The molecule has 3 aromatic rings. The van der Waals surface area contributed by atoms with E-state index in [1.807, 2.05) is 36.4 Å². The van der Waals surface area contributed by atoms with Gasteiger partial charge in [0, 0.05) is 37.2 Å². The van der Waals surface area contributed by atoms with Crippen molar-refractivity contribution >= 4 is 23.3 Å². The van der Waals surface area contributed by atoms with Crippen molar-refractivity contribution in [2.75, 3.05) is 16.8 Å². The number of anilines is 2. The number of aromatic nitrogens is 2. The van der Waals surface area contributed by atoms with Crippen LogP contribution in [0.4, 0.5) is 11.5 Å². The molecule has 1 saturated heterocycles. The van der Waals surface area contributed by atoms with E-state index in [0.29, 0.717) is 30.6 Å². The molecule has 7 heteroatoms. The van der Waals surface area contributed by atoms with Crippen LogP contribution in [0, 0.1) is 5.92 Å². The van der Waals surface area contributed by atoms with Crippen molar-refractivity contribution in [1.82, 2.24) is 9.97 Å². The van der Waals surface area contributed by atoms with Crippen molar-refractivity contribution in [2.24, 2.45) is 5.92 Å². The number of rotatable bonds is 7. The number of nitrogens with zero attached hydrogens (tertiary/aromatic N) is 3. The summed E-state index contributed by atoms with van der Waals surface area (Å²) in [5.74, 6) is 0.430. The Morgan fingerprint density at radius 2 is 1.97 bits per heavy atom. The molecule has 0 saturated carbocycles. The molecule has 1 aliphatic rings. The van der Waals surface area contributed by atoms with E-state index >= 15 is 0 Å². The number of ether oxygens (including phenoxy) is 1. The monoisotopic (exact) mass is 430 g/mol. The van der Waals surface area contributed by atoms with Gasteiger partial charge in [0.25, 0.3) is 0 Å². The van der Waals surface area contributed by atoms with Crippen LogP contribution in [0.3, 0.4) is 0 Å². The van der Waals surface area contributed by atoms with Gasteiger partial charge in [-0.2, -0.15) is 0 Å².